The second kappa shape index (κ2) is 4.15. The molecule has 1 heterocycles. The van der Waals surface area contributed by atoms with Crippen molar-refractivity contribution in [1.82, 2.24) is 9.55 Å². The topological polar surface area (TPSA) is 43.8 Å². The van der Waals surface area contributed by atoms with Crippen LogP contribution >= 0.6 is 0 Å². The number of aromatic nitrogens is 2. The molecule has 2 aromatic rings. The van der Waals surface area contributed by atoms with Crippen LogP contribution < -0.4 is 5.73 Å². The van der Waals surface area contributed by atoms with Gasteiger partial charge in [-0.05, 0) is 31.9 Å². The number of nitrogens with two attached hydrogens (primary N) is 1. The molecule has 1 saturated carbocycles. The molecule has 1 aliphatic carbocycles. The Morgan fingerprint density at radius 1 is 1.24 bits per heavy atom. The molecule has 3 rings (SSSR count). The van der Waals surface area contributed by atoms with E-state index in [9.17, 15) is 0 Å². The van der Waals surface area contributed by atoms with Crippen LogP contribution in [-0.2, 0) is 0 Å². The molecule has 3 nitrogen and oxygen atoms in total. The third kappa shape index (κ3) is 1.75. The molecule has 0 spiro atoms. The zero-order valence-corrected chi connectivity index (χ0v) is 10.3. The Balaban J connectivity index is 2.12. The van der Waals surface area contributed by atoms with Crippen molar-refractivity contribution in [3.05, 3.63) is 30.1 Å². The minimum Gasteiger partial charge on any atom is -0.326 e. The normalized spacial score (nSPS) is 25.3. The number of benzene rings is 1. The lowest BCUT2D eigenvalue weighted by atomic mass is 9.90. The first-order valence-corrected chi connectivity index (χ1v) is 6.46. The van der Waals surface area contributed by atoms with Gasteiger partial charge in [0, 0.05) is 6.04 Å². The Labute approximate surface area is 102 Å². The number of hydrogen-bond acceptors (Lipinski definition) is 2. The molecule has 17 heavy (non-hydrogen) atoms. The molecule has 0 aliphatic heterocycles. The lowest BCUT2D eigenvalue weighted by Crippen LogP contribution is -2.35. The van der Waals surface area contributed by atoms with Crippen molar-refractivity contribution in [2.45, 2.75) is 44.7 Å². The van der Waals surface area contributed by atoms with Crippen molar-refractivity contribution in [2.24, 2.45) is 5.73 Å². The van der Waals surface area contributed by atoms with Crippen molar-refractivity contribution in [3.63, 3.8) is 0 Å². The predicted octanol–water partition coefficient (Wildman–Crippen LogP) is 2.79. The number of imidazole rings is 1. The van der Waals surface area contributed by atoms with E-state index in [1.54, 1.807) is 0 Å². The summed E-state index contributed by atoms with van der Waals surface area (Å²) in [5.74, 6) is 1.09. The zero-order valence-electron chi connectivity index (χ0n) is 10.3. The second-order valence-electron chi connectivity index (χ2n) is 5.03. The summed E-state index contributed by atoms with van der Waals surface area (Å²) in [5.41, 5.74) is 8.60. The Morgan fingerprint density at radius 3 is 2.82 bits per heavy atom. The Bertz CT molecular complexity index is 529. The van der Waals surface area contributed by atoms with Gasteiger partial charge in [0.05, 0.1) is 17.1 Å². The average Bonchev–Trinajstić information content (AvgIpc) is 2.66. The lowest BCUT2D eigenvalue weighted by molar-refractivity contribution is 0.308. The first-order valence-electron chi connectivity index (χ1n) is 6.46. The van der Waals surface area contributed by atoms with Gasteiger partial charge in [-0.1, -0.05) is 25.0 Å². The summed E-state index contributed by atoms with van der Waals surface area (Å²) in [6, 6.07) is 9.05. The highest BCUT2D eigenvalue weighted by molar-refractivity contribution is 5.76. The van der Waals surface area contributed by atoms with Crippen LogP contribution in [-0.4, -0.2) is 15.6 Å². The molecule has 1 fully saturated rings. The van der Waals surface area contributed by atoms with Crippen molar-refractivity contribution in [1.29, 1.82) is 0 Å². The molecule has 0 bridgehead atoms. The van der Waals surface area contributed by atoms with E-state index in [0.717, 1.165) is 17.8 Å². The molecule has 0 radical (unpaired) electrons. The Hall–Kier alpha value is -1.35. The standard InChI is InChI=1S/C14H19N3/c1-10-16-12-7-3-5-9-14(12)17(10)13-8-4-2-6-11(13)15/h3,5,7,9,11,13H,2,4,6,8,15H2,1H3. The number of aryl methyl sites for hydroxylation is 1. The van der Waals surface area contributed by atoms with Crippen LogP contribution in [0.3, 0.4) is 0 Å². The van der Waals surface area contributed by atoms with Crippen molar-refractivity contribution in [2.75, 3.05) is 0 Å². The van der Waals surface area contributed by atoms with Crippen molar-refractivity contribution in [3.8, 4) is 0 Å². The highest BCUT2D eigenvalue weighted by Crippen LogP contribution is 2.31. The molecule has 3 heteroatoms. The second-order valence-corrected chi connectivity index (χ2v) is 5.03. The summed E-state index contributed by atoms with van der Waals surface area (Å²) in [6.07, 6.45) is 4.87. The van der Waals surface area contributed by atoms with Crippen LogP contribution in [0.15, 0.2) is 24.3 Å². The summed E-state index contributed by atoms with van der Waals surface area (Å²) < 4.78 is 2.35. The number of para-hydroxylation sites is 2. The molecular weight excluding hydrogens is 210 g/mol. The van der Waals surface area contributed by atoms with Crippen LogP contribution in [0, 0.1) is 6.92 Å². The minimum atomic E-state index is 0.278. The predicted molar refractivity (Wildman–Crippen MR) is 70.0 cm³/mol. The number of rotatable bonds is 1. The van der Waals surface area contributed by atoms with E-state index in [1.165, 1.54) is 24.8 Å². The molecule has 0 saturated heterocycles. The smallest absolute Gasteiger partial charge is 0.107 e. The molecule has 2 atom stereocenters. The van der Waals surface area contributed by atoms with Gasteiger partial charge >= 0.3 is 0 Å². The summed E-state index contributed by atoms with van der Waals surface area (Å²) in [6.45, 7) is 2.08. The maximum absolute atomic E-state index is 6.28. The zero-order chi connectivity index (χ0) is 11.8. The highest BCUT2D eigenvalue weighted by atomic mass is 15.1. The van der Waals surface area contributed by atoms with Crippen molar-refractivity contribution < 1.29 is 0 Å². The molecule has 0 amide bonds. The van der Waals surface area contributed by atoms with Crippen LogP contribution in [0.2, 0.25) is 0 Å². The Kier molecular flexibility index (Phi) is 2.63. The van der Waals surface area contributed by atoms with Crippen LogP contribution in [0.5, 0.6) is 0 Å². The third-order valence-corrected chi connectivity index (χ3v) is 3.89. The van der Waals surface area contributed by atoms with Gasteiger partial charge in [0.2, 0.25) is 0 Å². The van der Waals surface area contributed by atoms with Crippen LogP contribution in [0.1, 0.15) is 37.5 Å². The molecule has 90 valence electrons. The SMILES string of the molecule is Cc1nc2ccccc2n1C1CCCCC1N. The van der Waals surface area contributed by atoms with E-state index in [2.05, 4.69) is 34.7 Å². The maximum Gasteiger partial charge on any atom is 0.107 e. The van der Waals surface area contributed by atoms with Gasteiger partial charge in [-0.25, -0.2) is 4.98 Å². The fraction of sp³-hybridized carbons (Fsp3) is 0.500. The molecule has 2 N–H and O–H groups in total. The van der Waals surface area contributed by atoms with Gasteiger partial charge in [0.25, 0.3) is 0 Å². The first-order chi connectivity index (χ1) is 8.27. The fourth-order valence-electron chi connectivity index (χ4n) is 3.04. The monoisotopic (exact) mass is 229 g/mol. The summed E-state index contributed by atoms with van der Waals surface area (Å²) in [4.78, 5) is 4.63. The van der Waals surface area contributed by atoms with Gasteiger partial charge < -0.3 is 10.3 Å². The van der Waals surface area contributed by atoms with E-state index in [1.807, 2.05) is 6.07 Å². The summed E-state index contributed by atoms with van der Waals surface area (Å²) in [7, 11) is 0. The van der Waals surface area contributed by atoms with Gasteiger partial charge in [0.15, 0.2) is 0 Å². The van der Waals surface area contributed by atoms with E-state index in [-0.39, 0.29) is 6.04 Å². The number of fused-ring (bicyclic) bond motifs is 1. The van der Waals surface area contributed by atoms with E-state index in [0.29, 0.717) is 6.04 Å². The molecule has 1 aliphatic rings. The first kappa shape index (κ1) is 10.8. The number of nitrogens with zero attached hydrogens (tertiary/aromatic N) is 2. The largest absolute Gasteiger partial charge is 0.326 e. The van der Waals surface area contributed by atoms with Gasteiger partial charge in [0.1, 0.15) is 5.82 Å². The summed E-state index contributed by atoms with van der Waals surface area (Å²) in [5, 5.41) is 0. The lowest BCUT2D eigenvalue weighted by Gasteiger charge is -2.31. The minimum absolute atomic E-state index is 0.278. The molecule has 1 aromatic heterocycles. The maximum atomic E-state index is 6.28. The highest BCUT2D eigenvalue weighted by Gasteiger charge is 2.25. The number of hydrogen-bond donors (Lipinski definition) is 1. The molecular formula is C14H19N3. The van der Waals surface area contributed by atoms with Gasteiger partial charge in [-0.15, -0.1) is 0 Å². The molecule has 1 aromatic carbocycles. The van der Waals surface area contributed by atoms with Gasteiger partial charge in [-0.2, -0.15) is 0 Å². The molecule has 2 unspecified atom stereocenters. The fourth-order valence-corrected chi connectivity index (χ4v) is 3.04. The third-order valence-electron chi connectivity index (χ3n) is 3.89. The van der Waals surface area contributed by atoms with Crippen molar-refractivity contribution >= 4 is 11.0 Å². The van der Waals surface area contributed by atoms with E-state index in [4.69, 9.17) is 5.73 Å². The summed E-state index contributed by atoms with van der Waals surface area (Å²) >= 11 is 0. The Morgan fingerprint density at radius 2 is 2.00 bits per heavy atom. The van der Waals surface area contributed by atoms with Crippen LogP contribution in [0.4, 0.5) is 0 Å². The van der Waals surface area contributed by atoms with E-state index >= 15 is 0 Å². The van der Waals surface area contributed by atoms with E-state index < -0.39 is 0 Å². The van der Waals surface area contributed by atoms with Gasteiger partial charge in [-0.3, -0.25) is 0 Å². The quantitative estimate of drug-likeness (QED) is 0.817. The average molecular weight is 229 g/mol. The van der Waals surface area contributed by atoms with Crippen LogP contribution in [0.25, 0.3) is 11.0 Å².